The number of allylic oxidation sites excluding steroid dienone is 1. The number of methoxy groups -OCH3 is 1. The highest BCUT2D eigenvalue weighted by atomic mass is 16.5. The van der Waals surface area contributed by atoms with Gasteiger partial charge < -0.3 is 14.9 Å². The van der Waals surface area contributed by atoms with Crippen LogP contribution >= 0.6 is 0 Å². The molecule has 1 rings (SSSR count). The first-order chi connectivity index (χ1) is 9.33. The van der Waals surface area contributed by atoms with Gasteiger partial charge in [0.25, 0.3) is 0 Å². The number of ether oxygens (including phenoxy) is 1. The number of aromatic carboxylic acids is 2. The van der Waals surface area contributed by atoms with Crippen LogP contribution in [0.15, 0.2) is 35.9 Å². The zero-order valence-corrected chi connectivity index (χ0v) is 11.4. The molecule has 0 heterocycles. The summed E-state index contributed by atoms with van der Waals surface area (Å²) in [7, 11) is 1.37. The third-order valence-electron chi connectivity index (χ3n) is 2.30. The summed E-state index contributed by atoms with van der Waals surface area (Å²) < 4.78 is 4.40. The van der Waals surface area contributed by atoms with E-state index in [0.717, 1.165) is 6.07 Å². The molecule has 0 aliphatic heterocycles. The van der Waals surface area contributed by atoms with Crippen molar-refractivity contribution in [3.05, 3.63) is 47.0 Å². The lowest BCUT2D eigenvalue weighted by Crippen LogP contribution is -2.01. The number of hydrogen-bond acceptors (Lipinski definition) is 4. The Hall–Kier alpha value is -2.63. The molecule has 0 aliphatic carbocycles. The molecule has 0 unspecified atom stereocenters. The molecular weight excluding hydrogens is 264 g/mol. The maximum atomic E-state index is 10.5. The van der Waals surface area contributed by atoms with E-state index in [0.29, 0.717) is 5.57 Å². The molecule has 0 saturated heterocycles. The van der Waals surface area contributed by atoms with Crippen LogP contribution in [-0.2, 0) is 9.53 Å². The standard InChI is InChI=1S/C8H6O4.C6H10O2/c9-7(10)5-2-1-3-6(4-5)8(11)12;1-4-5(2)6(7)8-3/h1-4H,(H,9,10)(H,11,12);4H,1-3H3. The zero-order valence-electron chi connectivity index (χ0n) is 11.4. The van der Waals surface area contributed by atoms with Crippen LogP contribution in [0, 0.1) is 0 Å². The maximum absolute atomic E-state index is 10.5. The molecule has 1 aromatic carbocycles. The predicted octanol–water partition coefficient (Wildman–Crippen LogP) is 2.21. The first kappa shape index (κ1) is 17.4. The lowest BCUT2D eigenvalue weighted by Gasteiger charge is -1.95. The van der Waals surface area contributed by atoms with Gasteiger partial charge in [0.15, 0.2) is 0 Å². The van der Waals surface area contributed by atoms with Crippen LogP contribution < -0.4 is 0 Å². The second-order valence-corrected chi connectivity index (χ2v) is 3.65. The molecule has 0 saturated carbocycles. The van der Waals surface area contributed by atoms with E-state index in [1.54, 1.807) is 19.9 Å². The van der Waals surface area contributed by atoms with Crippen LogP contribution in [0.5, 0.6) is 0 Å². The zero-order chi connectivity index (χ0) is 15.7. The van der Waals surface area contributed by atoms with Crippen molar-refractivity contribution in [3.8, 4) is 0 Å². The van der Waals surface area contributed by atoms with Gasteiger partial charge >= 0.3 is 17.9 Å². The SMILES string of the molecule is CC=C(C)C(=O)OC.O=C(O)c1cccc(C(=O)O)c1. The van der Waals surface area contributed by atoms with E-state index in [-0.39, 0.29) is 17.1 Å². The Bertz CT molecular complexity index is 501. The van der Waals surface area contributed by atoms with Crippen molar-refractivity contribution in [2.24, 2.45) is 0 Å². The van der Waals surface area contributed by atoms with Gasteiger partial charge in [-0.2, -0.15) is 0 Å². The molecule has 1 aromatic rings. The van der Waals surface area contributed by atoms with Gasteiger partial charge in [-0.3, -0.25) is 0 Å². The maximum Gasteiger partial charge on any atom is 0.335 e. The molecule has 0 atom stereocenters. The average molecular weight is 280 g/mol. The molecule has 2 N–H and O–H groups in total. The fourth-order valence-electron chi connectivity index (χ4n) is 1.06. The molecule has 20 heavy (non-hydrogen) atoms. The van der Waals surface area contributed by atoms with Crippen LogP contribution in [-0.4, -0.2) is 35.2 Å². The summed E-state index contributed by atoms with van der Waals surface area (Å²) >= 11 is 0. The van der Waals surface area contributed by atoms with Crippen LogP contribution in [0.1, 0.15) is 34.6 Å². The van der Waals surface area contributed by atoms with Gasteiger partial charge in [0.05, 0.1) is 18.2 Å². The average Bonchev–Trinajstić information content (AvgIpc) is 2.46. The van der Waals surface area contributed by atoms with Crippen molar-refractivity contribution < 1.29 is 29.3 Å². The van der Waals surface area contributed by atoms with Crippen molar-refractivity contribution in [1.82, 2.24) is 0 Å². The topological polar surface area (TPSA) is 101 Å². The minimum Gasteiger partial charge on any atom is -0.478 e. The van der Waals surface area contributed by atoms with Crippen molar-refractivity contribution in [1.29, 1.82) is 0 Å². The number of esters is 1. The van der Waals surface area contributed by atoms with Crippen LogP contribution in [0.2, 0.25) is 0 Å². The highest BCUT2D eigenvalue weighted by molar-refractivity contribution is 5.93. The Kier molecular flexibility index (Phi) is 7.35. The summed E-state index contributed by atoms with van der Waals surface area (Å²) in [4.78, 5) is 31.2. The Morgan fingerprint density at radius 2 is 1.55 bits per heavy atom. The summed E-state index contributed by atoms with van der Waals surface area (Å²) in [5.41, 5.74) is 0.609. The number of hydrogen-bond donors (Lipinski definition) is 2. The quantitative estimate of drug-likeness (QED) is 0.650. The smallest absolute Gasteiger partial charge is 0.335 e. The van der Waals surface area contributed by atoms with Gasteiger partial charge in [-0.1, -0.05) is 12.1 Å². The van der Waals surface area contributed by atoms with Crippen molar-refractivity contribution >= 4 is 17.9 Å². The predicted molar refractivity (Wildman–Crippen MR) is 71.8 cm³/mol. The Morgan fingerprint density at radius 1 is 1.10 bits per heavy atom. The fraction of sp³-hybridized carbons (Fsp3) is 0.214. The van der Waals surface area contributed by atoms with Gasteiger partial charge in [-0.05, 0) is 32.0 Å². The summed E-state index contributed by atoms with van der Waals surface area (Å²) in [5, 5.41) is 17.0. The molecule has 0 fully saturated rings. The minimum atomic E-state index is -1.13. The van der Waals surface area contributed by atoms with Gasteiger partial charge in [-0.25, -0.2) is 14.4 Å². The molecule has 6 heteroatoms. The summed E-state index contributed by atoms with van der Waals surface area (Å²) in [6.45, 7) is 3.51. The molecule has 0 bridgehead atoms. The molecule has 6 nitrogen and oxygen atoms in total. The number of rotatable bonds is 3. The molecule has 0 aliphatic rings. The molecule has 0 spiro atoms. The number of carboxylic acid groups (broad SMARTS) is 2. The van der Waals surface area contributed by atoms with Crippen LogP contribution in [0.25, 0.3) is 0 Å². The second-order valence-electron chi connectivity index (χ2n) is 3.65. The Labute approximate surface area is 116 Å². The first-order valence-electron chi connectivity index (χ1n) is 5.61. The van der Waals surface area contributed by atoms with Gasteiger partial charge in [-0.15, -0.1) is 0 Å². The monoisotopic (exact) mass is 280 g/mol. The van der Waals surface area contributed by atoms with Crippen LogP contribution in [0.4, 0.5) is 0 Å². The largest absolute Gasteiger partial charge is 0.478 e. The van der Waals surface area contributed by atoms with Crippen molar-refractivity contribution in [2.75, 3.05) is 7.11 Å². The normalized spacial score (nSPS) is 10.1. The Balaban J connectivity index is 0.000000396. The molecule has 0 radical (unpaired) electrons. The van der Waals surface area contributed by atoms with E-state index >= 15 is 0 Å². The van der Waals surface area contributed by atoms with Gasteiger partial charge in [0.1, 0.15) is 0 Å². The third-order valence-corrected chi connectivity index (χ3v) is 2.30. The highest BCUT2D eigenvalue weighted by Gasteiger charge is 2.06. The minimum absolute atomic E-state index is 0.0186. The second kappa shape index (κ2) is 8.47. The lowest BCUT2D eigenvalue weighted by molar-refractivity contribution is -0.136. The molecule has 0 amide bonds. The van der Waals surface area contributed by atoms with E-state index in [9.17, 15) is 14.4 Å². The number of carbonyl (C=O) groups excluding carboxylic acids is 1. The van der Waals surface area contributed by atoms with Crippen molar-refractivity contribution in [3.63, 3.8) is 0 Å². The number of benzene rings is 1. The Morgan fingerprint density at radius 3 is 1.80 bits per heavy atom. The van der Waals surface area contributed by atoms with E-state index in [4.69, 9.17) is 10.2 Å². The van der Waals surface area contributed by atoms with Crippen LogP contribution in [0.3, 0.4) is 0 Å². The van der Waals surface area contributed by atoms with E-state index < -0.39 is 11.9 Å². The van der Waals surface area contributed by atoms with E-state index in [2.05, 4.69) is 4.74 Å². The summed E-state index contributed by atoms with van der Waals surface area (Å²) in [6, 6.07) is 5.20. The molecule has 0 aromatic heterocycles. The number of carboxylic acids is 2. The van der Waals surface area contributed by atoms with E-state index in [1.165, 1.54) is 25.3 Å². The number of carbonyl (C=O) groups is 3. The van der Waals surface area contributed by atoms with Crippen molar-refractivity contribution in [2.45, 2.75) is 13.8 Å². The molecular formula is C14H16O6. The molecule has 108 valence electrons. The third kappa shape index (κ3) is 5.81. The fourth-order valence-corrected chi connectivity index (χ4v) is 1.06. The van der Waals surface area contributed by atoms with Gasteiger partial charge in [0.2, 0.25) is 0 Å². The first-order valence-corrected chi connectivity index (χ1v) is 5.61. The van der Waals surface area contributed by atoms with E-state index in [1.807, 2.05) is 0 Å². The summed E-state index contributed by atoms with van der Waals surface area (Å²) in [6.07, 6.45) is 1.71. The highest BCUT2D eigenvalue weighted by Crippen LogP contribution is 2.04. The van der Waals surface area contributed by atoms with Gasteiger partial charge in [0, 0.05) is 5.57 Å². The lowest BCUT2D eigenvalue weighted by atomic mass is 10.1. The summed E-state index contributed by atoms with van der Waals surface area (Å²) in [5.74, 6) is -2.51.